The molecule has 1 saturated carbocycles. The molecule has 0 spiro atoms. The van der Waals surface area contributed by atoms with Gasteiger partial charge in [-0.05, 0) is 71.6 Å². The number of rotatable bonds is 4. The molecule has 3 heterocycles. The van der Waals surface area contributed by atoms with E-state index in [-0.39, 0.29) is 6.09 Å². The predicted octanol–water partition coefficient (Wildman–Crippen LogP) is 4.91. The second-order valence-electron chi connectivity index (χ2n) is 9.37. The van der Waals surface area contributed by atoms with Gasteiger partial charge in [-0.25, -0.2) is 4.79 Å². The zero-order valence-electron chi connectivity index (χ0n) is 17.2. The molecule has 0 aromatic carbocycles. The lowest BCUT2D eigenvalue weighted by atomic mass is 9.70. The number of allylic oxidation sites excluding steroid dienone is 4. The van der Waals surface area contributed by atoms with Crippen molar-refractivity contribution in [1.29, 1.82) is 0 Å². The van der Waals surface area contributed by atoms with Crippen molar-refractivity contribution in [2.75, 3.05) is 6.54 Å². The van der Waals surface area contributed by atoms with E-state index in [2.05, 4.69) is 23.4 Å². The van der Waals surface area contributed by atoms with Gasteiger partial charge in [0.15, 0.2) is 5.82 Å². The molecule has 5 rings (SSSR count). The fourth-order valence-corrected chi connectivity index (χ4v) is 4.61. The number of hydrogen-bond acceptors (Lipinski definition) is 5. The zero-order chi connectivity index (χ0) is 19.8. The van der Waals surface area contributed by atoms with Crippen molar-refractivity contribution < 1.29 is 14.1 Å². The molecule has 2 aliphatic carbocycles. The molecule has 28 heavy (non-hydrogen) atoms. The van der Waals surface area contributed by atoms with Crippen molar-refractivity contribution in [2.24, 2.45) is 5.92 Å². The first kappa shape index (κ1) is 19.2. The van der Waals surface area contributed by atoms with Gasteiger partial charge < -0.3 is 9.26 Å². The van der Waals surface area contributed by atoms with E-state index in [1.54, 1.807) is 0 Å². The van der Waals surface area contributed by atoms with Crippen molar-refractivity contribution >= 4 is 6.09 Å². The number of nitrogens with zero attached hydrogens (tertiary/aromatic N) is 3. The van der Waals surface area contributed by atoms with Crippen molar-refractivity contribution in [3.8, 4) is 0 Å². The smallest absolute Gasteiger partial charge is 0.411 e. The quantitative estimate of drug-likeness (QED) is 0.736. The lowest BCUT2D eigenvalue weighted by Crippen LogP contribution is -2.59. The Morgan fingerprint density at radius 2 is 2.11 bits per heavy atom. The number of carbonyl (C=O) groups is 1. The van der Waals surface area contributed by atoms with Gasteiger partial charge in [-0.1, -0.05) is 29.0 Å². The molecule has 0 atom stereocenters. The topological polar surface area (TPSA) is 68.5 Å². The molecule has 1 amide bonds. The normalized spacial score (nSPS) is 27.0. The number of fused-ring (bicyclic) bond motifs is 3. The number of aromatic nitrogens is 2. The summed E-state index contributed by atoms with van der Waals surface area (Å²) in [6.07, 6.45) is 14.1. The first-order chi connectivity index (χ1) is 13.4. The van der Waals surface area contributed by atoms with Crippen LogP contribution in [0.4, 0.5) is 4.79 Å². The molecule has 0 unspecified atom stereocenters. The molecule has 152 valence electrons. The monoisotopic (exact) mass is 385 g/mol. The standard InChI is InChI=1S/C22H31N3O3/c1-21(2,3)27-20(26)25-15-17-11-13-22(25,14-12-17)19-23-18(24-28-19)10-9-16-7-5-4-6-8-16/h4-5,7,17H,6,8-15H2,1-3H3/t17-,22+. The lowest BCUT2D eigenvalue weighted by molar-refractivity contribution is -0.0686. The number of aryl methyl sites for hydroxylation is 1. The molecule has 2 saturated heterocycles. The van der Waals surface area contributed by atoms with E-state index in [4.69, 9.17) is 14.2 Å². The van der Waals surface area contributed by atoms with Crippen LogP contribution < -0.4 is 0 Å². The highest BCUT2D eigenvalue weighted by molar-refractivity contribution is 5.70. The average Bonchev–Trinajstić information content (AvgIpc) is 3.16. The maximum Gasteiger partial charge on any atom is 0.411 e. The maximum atomic E-state index is 12.9. The Kier molecular flexibility index (Phi) is 5.06. The SMILES string of the molecule is CC(C)(C)OC(=O)N1C[C@H]2CC[C@]1(c1nc(CCC3=CC=CCC3)no1)CC2. The van der Waals surface area contributed by atoms with Gasteiger partial charge in [0.2, 0.25) is 0 Å². The number of hydrogen-bond donors (Lipinski definition) is 0. The predicted molar refractivity (Wildman–Crippen MR) is 106 cm³/mol. The Morgan fingerprint density at radius 3 is 2.79 bits per heavy atom. The summed E-state index contributed by atoms with van der Waals surface area (Å²) in [6.45, 7) is 6.42. The number of carbonyl (C=O) groups excluding carboxylic acids is 1. The first-order valence-corrected chi connectivity index (χ1v) is 10.5. The molecule has 0 radical (unpaired) electrons. The van der Waals surface area contributed by atoms with E-state index in [1.165, 1.54) is 5.57 Å². The van der Waals surface area contributed by atoms with Gasteiger partial charge in [0.25, 0.3) is 5.89 Å². The number of ether oxygens (including phenoxy) is 1. The highest BCUT2D eigenvalue weighted by Crippen LogP contribution is 2.49. The van der Waals surface area contributed by atoms with E-state index in [0.717, 1.165) is 57.2 Å². The van der Waals surface area contributed by atoms with Crippen LogP contribution in [-0.2, 0) is 16.7 Å². The van der Waals surface area contributed by atoms with Crippen LogP contribution in [0.25, 0.3) is 0 Å². The molecule has 2 aliphatic heterocycles. The maximum absolute atomic E-state index is 12.9. The van der Waals surface area contributed by atoms with Crippen molar-refractivity contribution in [2.45, 2.75) is 83.3 Å². The van der Waals surface area contributed by atoms with Gasteiger partial charge in [0, 0.05) is 13.0 Å². The molecular formula is C22H31N3O3. The van der Waals surface area contributed by atoms with Gasteiger partial charge in [0.05, 0.1) is 0 Å². The lowest BCUT2D eigenvalue weighted by Gasteiger charge is -2.52. The van der Waals surface area contributed by atoms with E-state index >= 15 is 0 Å². The summed E-state index contributed by atoms with van der Waals surface area (Å²) in [6, 6.07) is 0. The molecular weight excluding hydrogens is 354 g/mol. The summed E-state index contributed by atoms with van der Waals surface area (Å²) in [7, 11) is 0. The third-order valence-corrected chi connectivity index (χ3v) is 6.14. The van der Waals surface area contributed by atoms with E-state index in [9.17, 15) is 4.79 Å². The summed E-state index contributed by atoms with van der Waals surface area (Å²) in [5, 5.41) is 4.24. The Hall–Kier alpha value is -2.11. The highest BCUT2D eigenvalue weighted by Gasteiger charge is 2.54. The summed E-state index contributed by atoms with van der Waals surface area (Å²) >= 11 is 0. The molecule has 6 heteroatoms. The fourth-order valence-electron chi connectivity index (χ4n) is 4.61. The number of piperidine rings is 2. The van der Waals surface area contributed by atoms with E-state index in [1.807, 2.05) is 25.7 Å². The fraction of sp³-hybridized carbons (Fsp3) is 0.682. The van der Waals surface area contributed by atoms with E-state index < -0.39 is 11.1 Å². The van der Waals surface area contributed by atoms with Gasteiger partial charge in [0.1, 0.15) is 11.1 Å². The van der Waals surface area contributed by atoms with Crippen molar-refractivity contribution in [3.05, 3.63) is 35.5 Å². The minimum atomic E-state index is -0.517. The van der Waals surface area contributed by atoms with Gasteiger partial charge >= 0.3 is 6.09 Å². The van der Waals surface area contributed by atoms with E-state index in [0.29, 0.717) is 18.4 Å². The largest absolute Gasteiger partial charge is 0.444 e. The molecule has 3 fully saturated rings. The number of amides is 1. The molecule has 4 aliphatic rings. The second kappa shape index (κ2) is 7.37. The Morgan fingerprint density at radius 1 is 1.32 bits per heavy atom. The second-order valence-corrected chi connectivity index (χ2v) is 9.37. The zero-order valence-corrected chi connectivity index (χ0v) is 17.2. The molecule has 6 nitrogen and oxygen atoms in total. The Labute approximate surface area is 167 Å². The van der Waals surface area contributed by atoms with Crippen LogP contribution in [-0.4, -0.2) is 33.3 Å². The van der Waals surface area contributed by atoms with Crippen LogP contribution in [0.1, 0.15) is 77.4 Å². The molecule has 0 N–H and O–H groups in total. The van der Waals surface area contributed by atoms with Crippen LogP contribution in [0.5, 0.6) is 0 Å². The molecule has 1 aromatic rings. The third kappa shape index (κ3) is 3.87. The van der Waals surface area contributed by atoms with Crippen LogP contribution in [0, 0.1) is 5.92 Å². The van der Waals surface area contributed by atoms with Gasteiger partial charge in [-0.2, -0.15) is 4.98 Å². The summed E-state index contributed by atoms with van der Waals surface area (Å²) in [5.74, 6) is 1.86. The van der Waals surface area contributed by atoms with Gasteiger partial charge in [-0.3, -0.25) is 4.90 Å². The highest BCUT2D eigenvalue weighted by atomic mass is 16.6. The molecule has 1 aromatic heterocycles. The molecule has 2 bridgehead atoms. The average molecular weight is 386 g/mol. The van der Waals surface area contributed by atoms with Crippen molar-refractivity contribution in [3.63, 3.8) is 0 Å². The first-order valence-electron chi connectivity index (χ1n) is 10.5. The summed E-state index contributed by atoms with van der Waals surface area (Å²) < 4.78 is 11.4. The Balaban J connectivity index is 1.52. The Bertz CT molecular complexity index is 779. The van der Waals surface area contributed by atoms with Crippen LogP contribution in [0.2, 0.25) is 0 Å². The van der Waals surface area contributed by atoms with Gasteiger partial charge in [-0.15, -0.1) is 0 Å². The minimum absolute atomic E-state index is 0.268. The summed E-state index contributed by atoms with van der Waals surface area (Å²) in [5.41, 5.74) is 0.410. The third-order valence-electron chi connectivity index (χ3n) is 6.14. The summed E-state index contributed by atoms with van der Waals surface area (Å²) in [4.78, 5) is 19.5. The van der Waals surface area contributed by atoms with Crippen LogP contribution in [0.15, 0.2) is 28.3 Å². The van der Waals surface area contributed by atoms with Crippen molar-refractivity contribution in [1.82, 2.24) is 15.0 Å². The van der Waals surface area contributed by atoms with Crippen LogP contribution >= 0.6 is 0 Å². The van der Waals surface area contributed by atoms with Crippen LogP contribution in [0.3, 0.4) is 0 Å². The minimum Gasteiger partial charge on any atom is -0.444 e.